The number of carboxylic acids is 2. The Bertz CT molecular complexity index is 721. The summed E-state index contributed by atoms with van der Waals surface area (Å²) in [7, 11) is 0. The minimum absolute atomic E-state index is 0.422. The zero-order chi connectivity index (χ0) is 18.4. The average Bonchev–Trinajstić information content (AvgIpc) is 2.90. The molecule has 0 aliphatic carbocycles. The number of nitrogens with one attached hydrogen (secondary N) is 1. The van der Waals surface area contributed by atoms with Gasteiger partial charge in [-0.1, -0.05) is 18.2 Å². The first-order valence-corrected chi connectivity index (χ1v) is 8.38. The van der Waals surface area contributed by atoms with Crippen molar-refractivity contribution in [3.8, 4) is 0 Å². The van der Waals surface area contributed by atoms with Gasteiger partial charge in [-0.2, -0.15) is 0 Å². The number of nitrogens with zero attached hydrogens (tertiary/aromatic N) is 1. The number of aromatic amines is 1. The summed E-state index contributed by atoms with van der Waals surface area (Å²) in [6.45, 7) is 5.64. The summed E-state index contributed by atoms with van der Waals surface area (Å²) in [5, 5.41) is 16.2. The molecule has 1 aliphatic rings. The Kier molecular flexibility index (Phi) is 6.55. The predicted octanol–water partition coefficient (Wildman–Crippen LogP) is 1.60. The Hall–Kier alpha value is -2.38. The van der Waals surface area contributed by atoms with Gasteiger partial charge in [-0.25, -0.2) is 9.59 Å². The van der Waals surface area contributed by atoms with E-state index in [-0.39, 0.29) is 0 Å². The number of aliphatic carboxylic acids is 2. The minimum atomic E-state index is -1.82. The number of likely N-dealkylation sites (tertiary alicyclic amines) is 1. The van der Waals surface area contributed by atoms with E-state index in [0.29, 0.717) is 6.04 Å². The van der Waals surface area contributed by atoms with E-state index in [0.717, 1.165) is 38.9 Å². The lowest BCUT2D eigenvalue weighted by molar-refractivity contribution is -0.159. The molecule has 2 aromatic rings. The first-order chi connectivity index (χ1) is 11.9. The highest BCUT2D eigenvalue weighted by Crippen LogP contribution is 2.22. The largest absolute Gasteiger partial charge is 0.473 e. The first-order valence-electron chi connectivity index (χ1n) is 8.38. The van der Waals surface area contributed by atoms with Crippen LogP contribution in [0.5, 0.6) is 0 Å². The van der Waals surface area contributed by atoms with Crippen LogP contribution in [0.15, 0.2) is 24.3 Å². The molecule has 0 unspecified atom stereocenters. The van der Waals surface area contributed by atoms with Crippen LogP contribution in [0.4, 0.5) is 0 Å². The van der Waals surface area contributed by atoms with Gasteiger partial charge in [-0.15, -0.1) is 0 Å². The molecule has 7 nitrogen and oxygen atoms in total. The first kappa shape index (κ1) is 19.0. The maximum atomic E-state index is 9.10. The summed E-state index contributed by atoms with van der Waals surface area (Å²) in [5.41, 5.74) is 10.0. The molecule has 25 heavy (non-hydrogen) atoms. The second-order valence-corrected chi connectivity index (χ2v) is 6.31. The maximum Gasteiger partial charge on any atom is 0.414 e. The third-order valence-corrected chi connectivity index (χ3v) is 4.52. The van der Waals surface area contributed by atoms with Gasteiger partial charge in [0.05, 0.1) is 0 Å². The number of benzene rings is 1. The van der Waals surface area contributed by atoms with E-state index in [4.69, 9.17) is 25.5 Å². The second-order valence-electron chi connectivity index (χ2n) is 6.31. The molecule has 0 spiro atoms. The van der Waals surface area contributed by atoms with E-state index in [1.807, 2.05) is 0 Å². The molecule has 1 saturated heterocycles. The fraction of sp³-hybridized carbons (Fsp3) is 0.444. The second kappa shape index (κ2) is 8.64. The zero-order valence-corrected chi connectivity index (χ0v) is 14.4. The number of aryl methyl sites for hydroxylation is 1. The summed E-state index contributed by atoms with van der Waals surface area (Å²) >= 11 is 0. The van der Waals surface area contributed by atoms with Crippen molar-refractivity contribution in [2.75, 3.05) is 19.6 Å². The van der Waals surface area contributed by atoms with Crippen molar-refractivity contribution in [2.45, 2.75) is 32.2 Å². The van der Waals surface area contributed by atoms with Crippen molar-refractivity contribution >= 4 is 22.8 Å². The molecule has 0 saturated carbocycles. The van der Waals surface area contributed by atoms with Gasteiger partial charge in [0.1, 0.15) is 0 Å². The molecule has 1 aliphatic heterocycles. The Morgan fingerprint density at radius 3 is 2.40 bits per heavy atom. The Morgan fingerprint density at radius 2 is 1.80 bits per heavy atom. The van der Waals surface area contributed by atoms with Crippen molar-refractivity contribution in [3.05, 3.63) is 35.5 Å². The number of para-hydroxylation sites is 1. The molecule has 0 radical (unpaired) electrons. The number of H-pyrrole nitrogens is 1. The number of hydrogen-bond donors (Lipinski definition) is 4. The fourth-order valence-electron chi connectivity index (χ4n) is 3.10. The van der Waals surface area contributed by atoms with Crippen LogP contribution in [-0.2, 0) is 16.0 Å². The molecule has 136 valence electrons. The molecule has 3 rings (SSSR count). The van der Waals surface area contributed by atoms with E-state index < -0.39 is 11.9 Å². The summed E-state index contributed by atoms with van der Waals surface area (Å²) in [4.78, 5) is 24.2. The maximum absolute atomic E-state index is 9.10. The van der Waals surface area contributed by atoms with Gasteiger partial charge in [-0.3, -0.25) is 0 Å². The highest BCUT2D eigenvalue weighted by molar-refractivity contribution is 6.27. The molecule has 1 aromatic heterocycles. The third-order valence-electron chi connectivity index (χ3n) is 4.52. The van der Waals surface area contributed by atoms with Gasteiger partial charge in [-0.05, 0) is 50.9 Å². The van der Waals surface area contributed by atoms with Crippen molar-refractivity contribution in [3.63, 3.8) is 0 Å². The van der Waals surface area contributed by atoms with Crippen LogP contribution in [-0.4, -0.2) is 57.7 Å². The quantitative estimate of drug-likeness (QED) is 0.626. The third kappa shape index (κ3) is 5.30. The number of fused-ring (bicyclic) bond motifs is 1. The minimum Gasteiger partial charge on any atom is -0.473 e. The van der Waals surface area contributed by atoms with Crippen molar-refractivity contribution in [1.29, 1.82) is 0 Å². The number of rotatable bonds is 3. The molecule has 7 heteroatoms. The lowest BCUT2D eigenvalue weighted by Gasteiger charge is -2.30. The van der Waals surface area contributed by atoms with Crippen LogP contribution in [0.1, 0.15) is 24.1 Å². The Morgan fingerprint density at radius 1 is 1.20 bits per heavy atom. The number of piperidine rings is 1. The molecular weight excluding hydrogens is 322 g/mol. The molecular formula is C18H25N3O4. The molecule has 0 atom stereocenters. The van der Waals surface area contributed by atoms with Gasteiger partial charge in [0.2, 0.25) is 0 Å². The van der Waals surface area contributed by atoms with Gasteiger partial charge in [0, 0.05) is 29.2 Å². The van der Waals surface area contributed by atoms with Gasteiger partial charge in [0.15, 0.2) is 0 Å². The standard InChI is InChI=1S/C16H23N3.C2H2O4/c1-12-14(15-4-2-3-5-16(15)18-12)8-11-19-9-6-13(17)7-10-19;3-1(4)2(5)6/h2-5,13,18H,6-11,17H2,1H3;(H,3,4)(H,5,6). The van der Waals surface area contributed by atoms with Crippen LogP contribution < -0.4 is 5.73 Å². The van der Waals surface area contributed by atoms with E-state index >= 15 is 0 Å². The summed E-state index contributed by atoms with van der Waals surface area (Å²) < 4.78 is 0. The number of carbonyl (C=O) groups is 2. The highest BCUT2D eigenvalue weighted by Gasteiger charge is 2.16. The van der Waals surface area contributed by atoms with Crippen LogP contribution in [0, 0.1) is 6.92 Å². The lowest BCUT2D eigenvalue weighted by atomic mass is 10.0. The van der Waals surface area contributed by atoms with Crippen LogP contribution in [0.2, 0.25) is 0 Å². The topological polar surface area (TPSA) is 120 Å². The van der Waals surface area contributed by atoms with Gasteiger partial charge < -0.3 is 25.8 Å². The van der Waals surface area contributed by atoms with Crippen molar-refractivity contribution in [1.82, 2.24) is 9.88 Å². The lowest BCUT2D eigenvalue weighted by Crippen LogP contribution is -2.40. The molecule has 5 N–H and O–H groups in total. The summed E-state index contributed by atoms with van der Waals surface area (Å²) in [5.74, 6) is -3.65. The summed E-state index contributed by atoms with van der Waals surface area (Å²) in [6, 6.07) is 9.02. The average molecular weight is 347 g/mol. The normalized spacial score (nSPS) is 15.6. The van der Waals surface area contributed by atoms with Crippen LogP contribution in [0.25, 0.3) is 10.9 Å². The molecule has 2 heterocycles. The summed E-state index contributed by atoms with van der Waals surface area (Å²) in [6.07, 6.45) is 3.42. The monoisotopic (exact) mass is 347 g/mol. The van der Waals surface area contributed by atoms with Crippen LogP contribution in [0.3, 0.4) is 0 Å². The number of hydrogen-bond acceptors (Lipinski definition) is 4. The van der Waals surface area contributed by atoms with E-state index in [2.05, 4.69) is 41.1 Å². The van der Waals surface area contributed by atoms with Crippen LogP contribution >= 0.6 is 0 Å². The van der Waals surface area contributed by atoms with Crippen molar-refractivity contribution < 1.29 is 19.8 Å². The van der Waals surface area contributed by atoms with Gasteiger partial charge >= 0.3 is 11.9 Å². The smallest absolute Gasteiger partial charge is 0.414 e. The number of nitrogens with two attached hydrogens (primary N) is 1. The highest BCUT2D eigenvalue weighted by atomic mass is 16.4. The molecule has 0 amide bonds. The van der Waals surface area contributed by atoms with Crippen molar-refractivity contribution in [2.24, 2.45) is 5.73 Å². The predicted molar refractivity (Wildman–Crippen MR) is 95.7 cm³/mol. The Balaban J connectivity index is 0.000000326. The zero-order valence-electron chi connectivity index (χ0n) is 14.4. The molecule has 1 aromatic carbocycles. The number of aromatic nitrogens is 1. The Labute approximate surface area is 146 Å². The SMILES string of the molecule is Cc1[nH]c2ccccc2c1CCN1CCC(N)CC1.O=C(O)C(=O)O. The van der Waals surface area contributed by atoms with E-state index in [9.17, 15) is 0 Å². The number of carboxylic acid groups (broad SMARTS) is 2. The molecule has 0 bridgehead atoms. The van der Waals surface area contributed by atoms with E-state index in [1.165, 1.54) is 22.2 Å². The van der Waals surface area contributed by atoms with Gasteiger partial charge in [0.25, 0.3) is 0 Å². The van der Waals surface area contributed by atoms with E-state index in [1.54, 1.807) is 0 Å². The molecule has 1 fully saturated rings. The fourth-order valence-corrected chi connectivity index (χ4v) is 3.10.